The third-order valence-electron chi connectivity index (χ3n) is 4.57. The first-order valence-electron chi connectivity index (χ1n) is 8.90. The lowest BCUT2D eigenvalue weighted by Gasteiger charge is -2.30. The molecule has 144 valence electrons. The number of anilines is 1. The van der Waals surface area contributed by atoms with Crippen molar-refractivity contribution in [1.82, 2.24) is 0 Å². The Labute approximate surface area is 171 Å². The fourth-order valence-corrected chi connectivity index (χ4v) is 4.15. The van der Waals surface area contributed by atoms with Crippen LogP contribution in [0.15, 0.2) is 82.6 Å². The first kappa shape index (κ1) is 19.0. The summed E-state index contributed by atoms with van der Waals surface area (Å²) in [6.07, 6.45) is 1.73. The van der Waals surface area contributed by atoms with Gasteiger partial charge in [-0.05, 0) is 42.0 Å². The van der Waals surface area contributed by atoms with Gasteiger partial charge in [0.15, 0.2) is 0 Å². The molecule has 1 aliphatic heterocycles. The lowest BCUT2D eigenvalue weighted by Crippen LogP contribution is -2.34. The lowest BCUT2D eigenvalue weighted by atomic mass is 10.1. The van der Waals surface area contributed by atoms with Gasteiger partial charge in [0.2, 0.25) is 0 Å². The molecular weight excluding hydrogens is 389 g/mol. The number of rotatable bonds is 4. The van der Waals surface area contributed by atoms with E-state index >= 15 is 0 Å². The number of halogens is 1. The first-order chi connectivity index (χ1) is 14.0. The number of carbonyl (C=O) groups is 2. The van der Waals surface area contributed by atoms with Gasteiger partial charge in [-0.15, -0.1) is 0 Å². The summed E-state index contributed by atoms with van der Waals surface area (Å²) in [4.78, 5) is 27.2. The molecule has 1 amide bonds. The average molecular weight is 405 g/mol. The van der Waals surface area contributed by atoms with E-state index in [9.17, 15) is 14.0 Å². The van der Waals surface area contributed by atoms with Gasteiger partial charge in [0.1, 0.15) is 5.82 Å². The number of para-hydroxylation sites is 1. The molecule has 1 N–H and O–H groups in total. The summed E-state index contributed by atoms with van der Waals surface area (Å²) >= 11 is 1.35. The van der Waals surface area contributed by atoms with E-state index in [2.05, 4.69) is 0 Å². The van der Waals surface area contributed by atoms with Crippen molar-refractivity contribution in [3.63, 3.8) is 0 Å². The highest BCUT2D eigenvalue weighted by atomic mass is 32.2. The number of thioether (sulfide) groups is 1. The number of nitrogens with zero attached hydrogens (tertiary/aromatic N) is 1. The minimum absolute atomic E-state index is 0.123. The van der Waals surface area contributed by atoms with Crippen molar-refractivity contribution in [2.45, 2.75) is 11.4 Å². The number of carboxylic acids is 1. The van der Waals surface area contributed by atoms with Crippen LogP contribution in [-0.4, -0.2) is 17.0 Å². The second kappa shape index (κ2) is 7.93. The zero-order chi connectivity index (χ0) is 20.4. The van der Waals surface area contributed by atoms with E-state index in [0.717, 1.165) is 16.1 Å². The Bertz CT molecular complexity index is 1120. The molecule has 0 aliphatic carbocycles. The number of amides is 1. The Hall–Kier alpha value is -3.38. The molecule has 0 atom stereocenters. The predicted octanol–water partition coefficient (Wildman–Crippen LogP) is 5.20. The average Bonchev–Trinajstić information content (AvgIpc) is 2.73. The molecular formula is C23H16FNO3S. The van der Waals surface area contributed by atoms with Gasteiger partial charge in [0, 0.05) is 10.5 Å². The van der Waals surface area contributed by atoms with Crippen LogP contribution < -0.4 is 4.90 Å². The van der Waals surface area contributed by atoms with Gasteiger partial charge in [-0.1, -0.05) is 54.2 Å². The Morgan fingerprint density at radius 2 is 1.69 bits per heavy atom. The topological polar surface area (TPSA) is 57.6 Å². The van der Waals surface area contributed by atoms with E-state index in [1.807, 2.05) is 24.3 Å². The maximum atomic E-state index is 14.2. The molecule has 0 radical (unpaired) electrons. The van der Waals surface area contributed by atoms with E-state index in [-0.39, 0.29) is 23.8 Å². The van der Waals surface area contributed by atoms with Crippen LogP contribution in [0.5, 0.6) is 0 Å². The quantitative estimate of drug-likeness (QED) is 0.606. The van der Waals surface area contributed by atoms with E-state index in [4.69, 9.17) is 5.11 Å². The maximum absolute atomic E-state index is 14.2. The molecule has 0 fully saturated rings. The Balaban J connectivity index is 1.71. The number of hydrogen-bond acceptors (Lipinski definition) is 3. The van der Waals surface area contributed by atoms with Crippen LogP contribution >= 0.6 is 11.8 Å². The standard InChI is InChI=1S/C23H16FNO3S/c24-18-6-2-1-5-17(18)14-25-19-7-3-4-8-20(19)29-21(22(25)26)13-15-9-11-16(12-10-15)23(27)28/h1-13H,14H2,(H,27,28). The molecule has 0 bridgehead atoms. The first-order valence-corrected chi connectivity index (χ1v) is 9.72. The van der Waals surface area contributed by atoms with Gasteiger partial charge in [-0.25, -0.2) is 9.18 Å². The molecule has 0 spiro atoms. The summed E-state index contributed by atoms with van der Waals surface area (Å²) in [5.74, 6) is -1.58. The minimum Gasteiger partial charge on any atom is -0.478 e. The van der Waals surface area contributed by atoms with Gasteiger partial charge < -0.3 is 10.0 Å². The van der Waals surface area contributed by atoms with Crippen LogP contribution in [0.4, 0.5) is 10.1 Å². The molecule has 3 aromatic carbocycles. The summed E-state index contributed by atoms with van der Waals surface area (Å²) < 4.78 is 14.2. The zero-order valence-corrected chi connectivity index (χ0v) is 16.0. The highest BCUT2D eigenvalue weighted by molar-refractivity contribution is 8.04. The van der Waals surface area contributed by atoms with Crippen LogP contribution in [0.3, 0.4) is 0 Å². The molecule has 6 heteroatoms. The molecule has 4 rings (SSSR count). The Morgan fingerprint density at radius 3 is 2.41 bits per heavy atom. The number of carbonyl (C=O) groups excluding carboxylic acids is 1. The maximum Gasteiger partial charge on any atom is 0.335 e. The Kier molecular flexibility index (Phi) is 5.18. The number of fused-ring (bicyclic) bond motifs is 1. The van der Waals surface area contributed by atoms with E-state index in [1.54, 1.807) is 41.3 Å². The summed E-state index contributed by atoms with van der Waals surface area (Å²) in [5, 5.41) is 9.03. The second-order valence-electron chi connectivity index (χ2n) is 6.49. The summed E-state index contributed by atoms with van der Waals surface area (Å²) in [5.41, 5.74) is 2.08. The smallest absolute Gasteiger partial charge is 0.335 e. The number of carboxylic acid groups (broad SMARTS) is 1. The summed E-state index contributed by atoms with van der Waals surface area (Å²) in [6.45, 7) is 0.123. The number of aromatic carboxylic acids is 1. The van der Waals surface area contributed by atoms with Crippen LogP contribution in [-0.2, 0) is 11.3 Å². The normalized spacial score (nSPS) is 14.7. The van der Waals surface area contributed by atoms with Gasteiger partial charge in [0.05, 0.1) is 22.7 Å². The molecule has 1 aliphatic rings. The second-order valence-corrected chi connectivity index (χ2v) is 7.57. The van der Waals surface area contributed by atoms with Crippen molar-refractivity contribution >= 4 is 35.4 Å². The summed E-state index contributed by atoms with van der Waals surface area (Å²) in [6, 6.07) is 20.2. The van der Waals surface area contributed by atoms with E-state index in [1.165, 1.54) is 30.0 Å². The van der Waals surface area contributed by atoms with Gasteiger partial charge >= 0.3 is 5.97 Å². The van der Waals surface area contributed by atoms with Gasteiger partial charge in [-0.2, -0.15) is 0 Å². The fourth-order valence-electron chi connectivity index (χ4n) is 3.09. The van der Waals surface area contributed by atoms with Crippen molar-refractivity contribution in [2.24, 2.45) is 0 Å². The van der Waals surface area contributed by atoms with Crippen LogP contribution in [0, 0.1) is 5.82 Å². The highest BCUT2D eigenvalue weighted by Crippen LogP contribution is 2.42. The monoisotopic (exact) mass is 405 g/mol. The largest absolute Gasteiger partial charge is 0.478 e. The van der Waals surface area contributed by atoms with Crippen molar-refractivity contribution in [1.29, 1.82) is 0 Å². The minimum atomic E-state index is -1.00. The third-order valence-corrected chi connectivity index (χ3v) is 5.65. The molecule has 0 unspecified atom stereocenters. The molecule has 0 saturated heterocycles. The predicted molar refractivity (Wildman–Crippen MR) is 111 cm³/mol. The summed E-state index contributed by atoms with van der Waals surface area (Å²) in [7, 11) is 0. The van der Waals surface area contributed by atoms with Crippen LogP contribution in [0.2, 0.25) is 0 Å². The zero-order valence-electron chi connectivity index (χ0n) is 15.2. The molecule has 29 heavy (non-hydrogen) atoms. The van der Waals surface area contributed by atoms with Gasteiger partial charge in [0.25, 0.3) is 5.91 Å². The van der Waals surface area contributed by atoms with Crippen LogP contribution in [0.25, 0.3) is 6.08 Å². The van der Waals surface area contributed by atoms with Crippen molar-refractivity contribution in [3.05, 3.63) is 100 Å². The third kappa shape index (κ3) is 3.93. The van der Waals surface area contributed by atoms with Crippen molar-refractivity contribution < 1.29 is 19.1 Å². The van der Waals surface area contributed by atoms with Gasteiger partial charge in [-0.3, -0.25) is 4.79 Å². The fraction of sp³-hybridized carbons (Fsp3) is 0.0435. The Morgan fingerprint density at radius 1 is 1.00 bits per heavy atom. The van der Waals surface area contributed by atoms with Crippen molar-refractivity contribution in [2.75, 3.05) is 4.90 Å². The molecule has 4 nitrogen and oxygen atoms in total. The molecule has 1 heterocycles. The molecule has 0 saturated carbocycles. The van der Waals surface area contributed by atoms with Crippen LogP contribution in [0.1, 0.15) is 21.5 Å². The SMILES string of the molecule is O=C(O)c1ccc(C=C2Sc3ccccc3N(Cc3ccccc3F)C2=O)cc1. The molecule has 3 aromatic rings. The highest BCUT2D eigenvalue weighted by Gasteiger charge is 2.29. The number of hydrogen-bond donors (Lipinski definition) is 1. The number of benzene rings is 3. The molecule has 0 aromatic heterocycles. The van der Waals surface area contributed by atoms with Crippen molar-refractivity contribution in [3.8, 4) is 0 Å². The van der Waals surface area contributed by atoms with E-state index < -0.39 is 5.97 Å². The van der Waals surface area contributed by atoms with E-state index in [0.29, 0.717) is 10.5 Å². The lowest BCUT2D eigenvalue weighted by molar-refractivity contribution is -0.114.